The number of hydrogen-bond donors (Lipinski definition) is 1. The zero-order valence-corrected chi connectivity index (χ0v) is 16.5. The number of halogens is 2. The lowest BCUT2D eigenvalue weighted by molar-refractivity contribution is 0.742. The molecular formula is C17H16Cl2N4O2S. The number of hydrogen-bond acceptors (Lipinski definition) is 4. The Morgan fingerprint density at radius 1 is 1.31 bits per heavy atom. The first-order valence-electron chi connectivity index (χ1n) is 7.76. The molecule has 1 N–H and O–H groups in total. The van der Waals surface area contributed by atoms with Gasteiger partial charge in [0.1, 0.15) is 0 Å². The van der Waals surface area contributed by atoms with Crippen LogP contribution in [0.15, 0.2) is 50.1 Å². The van der Waals surface area contributed by atoms with E-state index in [4.69, 9.17) is 23.2 Å². The number of thioether (sulfide) groups is 1. The average Bonchev–Trinajstić information content (AvgIpc) is 2.96. The van der Waals surface area contributed by atoms with Crippen molar-refractivity contribution in [1.82, 2.24) is 19.1 Å². The standard InChI is InChI=1S/C17H16Cl2N4O2S/c1-10(18)7-8-23-13-14(22(2)16(25)21-15(13)24)20-17(23)26-9-11-3-5-12(19)6-4-11/h3-7H,8-9H2,1-2H3,(H,21,24,25)/b10-7+. The SMILES string of the molecule is C/C(Cl)=C\Cn1c(SCc2ccc(Cl)cc2)nc2c1c(=O)[nH]c(=O)n2C. The van der Waals surface area contributed by atoms with Gasteiger partial charge >= 0.3 is 5.69 Å². The number of aryl methyl sites for hydroxylation is 1. The smallest absolute Gasteiger partial charge is 0.309 e. The fraction of sp³-hybridized carbons (Fsp3) is 0.235. The minimum Gasteiger partial charge on any atom is -0.309 e. The zero-order valence-electron chi connectivity index (χ0n) is 14.1. The predicted octanol–water partition coefficient (Wildman–Crippen LogP) is 3.51. The third-order valence-electron chi connectivity index (χ3n) is 3.81. The number of benzene rings is 1. The summed E-state index contributed by atoms with van der Waals surface area (Å²) in [5, 5.41) is 1.92. The number of H-pyrrole nitrogens is 1. The van der Waals surface area contributed by atoms with Crippen molar-refractivity contribution in [2.75, 3.05) is 0 Å². The molecule has 2 heterocycles. The fourth-order valence-corrected chi connectivity index (χ4v) is 3.60. The highest BCUT2D eigenvalue weighted by molar-refractivity contribution is 7.98. The average molecular weight is 411 g/mol. The topological polar surface area (TPSA) is 72.7 Å². The molecule has 0 fully saturated rings. The summed E-state index contributed by atoms with van der Waals surface area (Å²) in [6.07, 6.45) is 1.79. The molecule has 6 nitrogen and oxygen atoms in total. The highest BCUT2D eigenvalue weighted by Gasteiger charge is 2.17. The Hall–Kier alpha value is -1.96. The maximum atomic E-state index is 12.3. The number of allylic oxidation sites excluding steroid dienone is 2. The molecule has 9 heteroatoms. The van der Waals surface area contributed by atoms with Gasteiger partial charge < -0.3 is 4.57 Å². The second-order valence-corrected chi connectivity index (χ2v) is 7.68. The second kappa shape index (κ2) is 7.73. The Labute approximate surface area is 163 Å². The van der Waals surface area contributed by atoms with Gasteiger partial charge in [0, 0.05) is 29.4 Å². The van der Waals surface area contributed by atoms with Crippen LogP contribution in [0.3, 0.4) is 0 Å². The highest BCUT2D eigenvalue weighted by atomic mass is 35.5. The van der Waals surface area contributed by atoms with Crippen LogP contribution in [-0.4, -0.2) is 19.1 Å². The van der Waals surface area contributed by atoms with Crippen LogP contribution in [0.2, 0.25) is 5.02 Å². The second-order valence-electron chi connectivity index (χ2n) is 5.70. The molecule has 0 aliphatic carbocycles. The van der Waals surface area contributed by atoms with Crippen LogP contribution in [-0.2, 0) is 19.3 Å². The minimum absolute atomic E-state index is 0.345. The quantitative estimate of drug-likeness (QED) is 0.653. The predicted molar refractivity (Wildman–Crippen MR) is 106 cm³/mol. The maximum absolute atomic E-state index is 12.3. The Balaban J connectivity index is 2.06. The van der Waals surface area contributed by atoms with Gasteiger partial charge in [-0.15, -0.1) is 0 Å². The molecule has 2 aromatic heterocycles. The van der Waals surface area contributed by atoms with E-state index in [1.807, 2.05) is 24.3 Å². The van der Waals surface area contributed by atoms with Crippen LogP contribution in [0, 0.1) is 0 Å². The van der Waals surface area contributed by atoms with Gasteiger partial charge in [0.25, 0.3) is 5.56 Å². The number of nitrogens with zero attached hydrogens (tertiary/aromatic N) is 3. The van der Waals surface area contributed by atoms with E-state index in [9.17, 15) is 9.59 Å². The van der Waals surface area contributed by atoms with E-state index < -0.39 is 11.2 Å². The van der Waals surface area contributed by atoms with Crippen LogP contribution in [0.5, 0.6) is 0 Å². The van der Waals surface area contributed by atoms with Gasteiger partial charge in [-0.3, -0.25) is 14.3 Å². The summed E-state index contributed by atoms with van der Waals surface area (Å²) in [6.45, 7) is 2.15. The number of aromatic nitrogens is 4. The van der Waals surface area contributed by atoms with E-state index >= 15 is 0 Å². The highest BCUT2D eigenvalue weighted by Crippen LogP contribution is 2.26. The first kappa shape index (κ1) is 18.8. The molecule has 0 saturated carbocycles. The Bertz CT molecular complexity index is 1090. The maximum Gasteiger partial charge on any atom is 0.329 e. The van der Waals surface area contributed by atoms with E-state index in [-0.39, 0.29) is 0 Å². The molecule has 0 radical (unpaired) electrons. The summed E-state index contributed by atoms with van der Waals surface area (Å²) in [4.78, 5) is 31.0. The Morgan fingerprint density at radius 2 is 2.00 bits per heavy atom. The van der Waals surface area contributed by atoms with E-state index in [0.717, 1.165) is 5.56 Å². The summed E-state index contributed by atoms with van der Waals surface area (Å²) < 4.78 is 3.09. The van der Waals surface area contributed by atoms with Crippen molar-refractivity contribution < 1.29 is 0 Å². The number of nitrogens with one attached hydrogen (secondary N) is 1. The van der Waals surface area contributed by atoms with Gasteiger partial charge in [-0.2, -0.15) is 0 Å². The molecule has 136 valence electrons. The summed E-state index contributed by atoms with van der Waals surface area (Å²) in [5.74, 6) is 0.649. The molecule has 1 aromatic carbocycles. The van der Waals surface area contributed by atoms with E-state index in [2.05, 4.69) is 9.97 Å². The zero-order chi connectivity index (χ0) is 18.8. The minimum atomic E-state index is -0.495. The van der Waals surface area contributed by atoms with Crippen LogP contribution < -0.4 is 11.2 Å². The Morgan fingerprint density at radius 3 is 2.65 bits per heavy atom. The summed E-state index contributed by atoms with van der Waals surface area (Å²) in [5.41, 5.74) is 0.808. The lowest BCUT2D eigenvalue weighted by Crippen LogP contribution is -2.29. The van der Waals surface area contributed by atoms with Crippen LogP contribution >= 0.6 is 35.0 Å². The van der Waals surface area contributed by atoms with Gasteiger partial charge in [-0.05, 0) is 24.6 Å². The van der Waals surface area contributed by atoms with Gasteiger partial charge in [0.2, 0.25) is 0 Å². The molecule has 0 unspecified atom stereocenters. The third-order valence-corrected chi connectivity index (χ3v) is 5.26. The number of aromatic amines is 1. The summed E-state index contributed by atoms with van der Waals surface area (Å²) >= 11 is 13.3. The summed E-state index contributed by atoms with van der Waals surface area (Å²) in [6, 6.07) is 7.53. The molecule has 0 aliphatic heterocycles. The molecule has 0 spiro atoms. The van der Waals surface area contributed by atoms with Gasteiger partial charge in [-0.25, -0.2) is 9.78 Å². The third kappa shape index (κ3) is 3.90. The lowest BCUT2D eigenvalue weighted by Gasteiger charge is -2.06. The molecule has 0 amide bonds. The van der Waals surface area contributed by atoms with E-state index in [0.29, 0.717) is 38.7 Å². The van der Waals surface area contributed by atoms with Crippen LogP contribution in [0.25, 0.3) is 11.2 Å². The molecule has 3 rings (SSSR count). The molecule has 0 atom stereocenters. The van der Waals surface area contributed by atoms with Crippen molar-refractivity contribution >= 4 is 46.1 Å². The number of imidazole rings is 1. The molecule has 0 saturated heterocycles. The first-order chi connectivity index (χ1) is 12.4. The first-order valence-corrected chi connectivity index (χ1v) is 9.50. The van der Waals surface area contributed by atoms with Crippen molar-refractivity contribution in [1.29, 1.82) is 0 Å². The van der Waals surface area contributed by atoms with Crippen molar-refractivity contribution in [2.45, 2.75) is 24.4 Å². The molecule has 0 bridgehead atoms. The summed E-state index contributed by atoms with van der Waals surface area (Å²) in [7, 11) is 1.58. The molecule has 0 aliphatic rings. The fourth-order valence-electron chi connectivity index (χ4n) is 2.44. The van der Waals surface area contributed by atoms with Crippen molar-refractivity contribution in [3.63, 3.8) is 0 Å². The van der Waals surface area contributed by atoms with Crippen molar-refractivity contribution in [3.05, 3.63) is 66.8 Å². The largest absolute Gasteiger partial charge is 0.329 e. The van der Waals surface area contributed by atoms with Crippen LogP contribution in [0.1, 0.15) is 12.5 Å². The van der Waals surface area contributed by atoms with Crippen LogP contribution in [0.4, 0.5) is 0 Å². The molecule has 3 aromatic rings. The molecular weight excluding hydrogens is 395 g/mol. The van der Waals surface area contributed by atoms with Crippen molar-refractivity contribution in [3.8, 4) is 0 Å². The van der Waals surface area contributed by atoms with Crippen molar-refractivity contribution in [2.24, 2.45) is 7.05 Å². The van der Waals surface area contributed by atoms with Gasteiger partial charge in [0.15, 0.2) is 16.3 Å². The lowest BCUT2D eigenvalue weighted by atomic mass is 10.2. The monoisotopic (exact) mass is 410 g/mol. The van der Waals surface area contributed by atoms with Gasteiger partial charge in [0.05, 0.1) is 0 Å². The normalized spacial score (nSPS) is 12.1. The van der Waals surface area contributed by atoms with E-state index in [1.54, 1.807) is 24.6 Å². The van der Waals surface area contributed by atoms with Gasteiger partial charge in [-0.1, -0.05) is 53.2 Å². The molecule has 26 heavy (non-hydrogen) atoms. The number of fused-ring (bicyclic) bond motifs is 1. The Kier molecular flexibility index (Phi) is 5.60. The van der Waals surface area contributed by atoms with E-state index in [1.165, 1.54) is 16.3 Å². The number of rotatable bonds is 5.